The lowest BCUT2D eigenvalue weighted by atomic mass is 9.99. The minimum atomic E-state index is -1.58. The number of allylic oxidation sites excluding steroid dienone is 15. The van der Waals surface area contributed by atoms with Crippen LogP contribution in [0, 0.1) is 0 Å². The van der Waals surface area contributed by atoms with Crippen LogP contribution < -0.4 is 5.32 Å². The molecular weight excluding hydrogens is 935 g/mol. The summed E-state index contributed by atoms with van der Waals surface area (Å²) in [6.07, 6.45) is 72.0. The maximum Gasteiger partial charge on any atom is 0.220 e. The van der Waals surface area contributed by atoms with Crippen LogP contribution in [0.1, 0.15) is 258 Å². The number of hydrogen-bond donors (Lipinski definition) is 6. The Morgan fingerprint density at radius 2 is 0.840 bits per heavy atom. The predicted molar refractivity (Wildman–Crippen MR) is 318 cm³/mol. The second-order valence-corrected chi connectivity index (χ2v) is 21.1. The molecule has 432 valence electrons. The number of aliphatic hydroxyl groups is 5. The average molecular weight is 1050 g/mol. The number of hydrogen-bond acceptors (Lipinski definition) is 8. The van der Waals surface area contributed by atoms with Crippen LogP contribution in [0.5, 0.6) is 0 Å². The first kappa shape index (κ1) is 70.1. The third kappa shape index (κ3) is 43.7. The molecule has 1 fully saturated rings. The van der Waals surface area contributed by atoms with Crippen molar-refractivity contribution in [2.45, 2.75) is 301 Å². The number of rotatable bonds is 52. The number of nitrogens with one attached hydrogen (secondary N) is 1. The summed E-state index contributed by atoms with van der Waals surface area (Å²) in [5.41, 5.74) is 0. The van der Waals surface area contributed by atoms with Crippen molar-refractivity contribution in [2.75, 3.05) is 13.2 Å². The molecule has 1 saturated heterocycles. The fraction of sp³-hybridized carbons (Fsp3) is 0.742. The molecule has 0 aromatic rings. The van der Waals surface area contributed by atoms with Crippen molar-refractivity contribution < 1.29 is 39.8 Å². The van der Waals surface area contributed by atoms with E-state index in [0.717, 1.165) is 77.0 Å². The van der Waals surface area contributed by atoms with Gasteiger partial charge in [0, 0.05) is 6.42 Å². The molecule has 0 spiro atoms. The zero-order valence-corrected chi connectivity index (χ0v) is 48.0. The van der Waals surface area contributed by atoms with Gasteiger partial charge in [-0.3, -0.25) is 4.79 Å². The van der Waals surface area contributed by atoms with E-state index in [-0.39, 0.29) is 12.5 Å². The van der Waals surface area contributed by atoms with Gasteiger partial charge in [0.1, 0.15) is 24.4 Å². The van der Waals surface area contributed by atoms with Gasteiger partial charge in [-0.05, 0) is 83.5 Å². The summed E-state index contributed by atoms with van der Waals surface area (Å²) in [6.45, 7) is 3.66. The Morgan fingerprint density at radius 1 is 0.467 bits per heavy atom. The molecular formula is C66H115NO8. The number of ether oxygens (including phenoxy) is 2. The Hall–Kier alpha value is -2.89. The molecule has 1 amide bonds. The molecule has 0 aliphatic carbocycles. The summed E-state index contributed by atoms with van der Waals surface area (Å²) in [5.74, 6) is -0.189. The Morgan fingerprint density at radius 3 is 1.28 bits per heavy atom. The SMILES string of the molecule is CC/C=C\C/C=C\C/C=C\C/C=C\C/C=C\C/C=C\CCCCCCCCCCCCCCCCC(=O)NC(COC1OC(CO)C(O)C(O)C1O)C(O)/C=C/CC/C=C/CCCCCCCCCCCCCCC. The van der Waals surface area contributed by atoms with Crippen LogP contribution in [-0.2, 0) is 14.3 Å². The van der Waals surface area contributed by atoms with Gasteiger partial charge >= 0.3 is 0 Å². The number of amides is 1. The monoisotopic (exact) mass is 1050 g/mol. The third-order valence-electron chi connectivity index (χ3n) is 14.1. The molecule has 1 heterocycles. The molecule has 1 aliphatic rings. The largest absolute Gasteiger partial charge is 0.394 e. The Balaban J connectivity index is 2.18. The summed E-state index contributed by atoms with van der Waals surface area (Å²) >= 11 is 0. The van der Waals surface area contributed by atoms with E-state index in [1.807, 2.05) is 6.08 Å². The van der Waals surface area contributed by atoms with Gasteiger partial charge in [-0.2, -0.15) is 0 Å². The van der Waals surface area contributed by atoms with Crippen LogP contribution >= 0.6 is 0 Å². The highest BCUT2D eigenvalue weighted by molar-refractivity contribution is 5.76. The topological polar surface area (TPSA) is 149 Å². The Kier molecular flexibility index (Phi) is 50.9. The van der Waals surface area contributed by atoms with Crippen molar-refractivity contribution in [3.63, 3.8) is 0 Å². The van der Waals surface area contributed by atoms with E-state index in [4.69, 9.17) is 9.47 Å². The van der Waals surface area contributed by atoms with E-state index in [1.165, 1.54) is 161 Å². The van der Waals surface area contributed by atoms with Gasteiger partial charge in [0.15, 0.2) is 6.29 Å². The zero-order chi connectivity index (χ0) is 54.3. The molecule has 9 heteroatoms. The smallest absolute Gasteiger partial charge is 0.220 e. The van der Waals surface area contributed by atoms with Gasteiger partial charge < -0.3 is 40.3 Å². The fourth-order valence-electron chi connectivity index (χ4n) is 9.29. The maximum atomic E-state index is 13.1. The molecule has 6 N–H and O–H groups in total. The van der Waals surface area contributed by atoms with Gasteiger partial charge in [-0.1, -0.05) is 265 Å². The fourth-order valence-corrected chi connectivity index (χ4v) is 9.29. The zero-order valence-electron chi connectivity index (χ0n) is 48.0. The van der Waals surface area contributed by atoms with Crippen molar-refractivity contribution in [3.05, 3.63) is 97.2 Å². The molecule has 9 nitrogen and oxygen atoms in total. The third-order valence-corrected chi connectivity index (χ3v) is 14.1. The van der Waals surface area contributed by atoms with Crippen LogP contribution in [0.4, 0.5) is 0 Å². The summed E-state index contributed by atoms with van der Waals surface area (Å²) in [4.78, 5) is 13.1. The van der Waals surface area contributed by atoms with E-state index in [0.29, 0.717) is 6.42 Å². The highest BCUT2D eigenvalue weighted by Crippen LogP contribution is 2.23. The molecule has 0 bridgehead atoms. The number of carbonyl (C=O) groups excluding carboxylic acids is 1. The second-order valence-electron chi connectivity index (χ2n) is 21.1. The quantitative estimate of drug-likeness (QED) is 0.0261. The van der Waals surface area contributed by atoms with Gasteiger partial charge in [0.25, 0.3) is 0 Å². The lowest BCUT2D eigenvalue weighted by Gasteiger charge is -2.40. The van der Waals surface area contributed by atoms with E-state index in [1.54, 1.807) is 6.08 Å². The van der Waals surface area contributed by atoms with E-state index in [9.17, 15) is 30.3 Å². The first-order chi connectivity index (χ1) is 36.8. The lowest BCUT2D eigenvalue weighted by Crippen LogP contribution is -2.60. The molecule has 0 aromatic carbocycles. The molecule has 1 aliphatic heterocycles. The molecule has 0 radical (unpaired) electrons. The van der Waals surface area contributed by atoms with Crippen molar-refractivity contribution in [1.29, 1.82) is 0 Å². The first-order valence-corrected chi connectivity index (χ1v) is 31.0. The van der Waals surface area contributed by atoms with Gasteiger partial charge in [0.2, 0.25) is 5.91 Å². The van der Waals surface area contributed by atoms with Crippen molar-refractivity contribution in [2.24, 2.45) is 0 Å². The summed E-state index contributed by atoms with van der Waals surface area (Å²) in [5, 5.41) is 54.6. The molecule has 0 saturated carbocycles. The van der Waals surface area contributed by atoms with Gasteiger partial charge in [-0.25, -0.2) is 0 Å². The highest BCUT2D eigenvalue weighted by Gasteiger charge is 2.44. The van der Waals surface area contributed by atoms with Crippen LogP contribution in [0.2, 0.25) is 0 Å². The maximum absolute atomic E-state index is 13.1. The lowest BCUT2D eigenvalue weighted by molar-refractivity contribution is -0.302. The number of aliphatic hydroxyl groups excluding tert-OH is 5. The molecule has 1 rings (SSSR count). The van der Waals surface area contributed by atoms with Crippen LogP contribution in [0.3, 0.4) is 0 Å². The predicted octanol–water partition coefficient (Wildman–Crippen LogP) is 16.0. The summed E-state index contributed by atoms with van der Waals surface area (Å²) in [6, 6.07) is -0.828. The number of unbranched alkanes of at least 4 members (excludes halogenated alkanes) is 28. The summed E-state index contributed by atoms with van der Waals surface area (Å²) in [7, 11) is 0. The van der Waals surface area contributed by atoms with Crippen LogP contribution in [-0.4, -0.2) is 87.5 Å². The Labute approximate surface area is 460 Å². The Bertz CT molecular complexity index is 1500. The molecule has 0 aromatic heterocycles. The second kappa shape index (κ2) is 54.5. The van der Waals surface area contributed by atoms with E-state index in [2.05, 4.69) is 104 Å². The van der Waals surface area contributed by atoms with E-state index < -0.39 is 49.5 Å². The minimum absolute atomic E-state index is 0.189. The molecule has 7 unspecified atom stereocenters. The normalized spacial score (nSPS) is 19.6. The molecule has 7 atom stereocenters. The van der Waals surface area contributed by atoms with Crippen LogP contribution in [0.15, 0.2) is 97.2 Å². The summed E-state index contributed by atoms with van der Waals surface area (Å²) < 4.78 is 11.3. The average Bonchev–Trinajstić information content (AvgIpc) is 3.41. The van der Waals surface area contributed by atoms with Gasteiger partial charge in [0.05, 0.1) is 25.4 Å². The number of carbonyl (C=O) groups is 1. The van der Waals surface area contributed by atoms with Crippen molar-refractivity contribution in [1.82, 2.24) is 5.32 Å². The van der Waals surface area contributed by atoms with Crippen molar-refractivity contribution in [3.8, 4) is 0 Å². The van der Waals surface area contributed by atoms with E-state index >= 15 is 0 Å². The van der Waals surface area contributed by atoms with Gasteiger partial charge in [-0.15, -0.1) is 0 Å². The highest BCUT2D eigenvalue weighted by atomic mass is 16.7. The first-order valence-electron chi connectivity index (χ1n) is 31.0. The minimum Gasteiger partial charge on any atom is -0.394 e. The van der Waals surface area contributed by atoms with Crippen LogP contribution in [0.25, 0.3) is 0 Å². The van der Waals surface area contributed by atoms with Crippen molar-refractivity contribution >= 4 is 5.91 Å². The standard InChI is InChI=1S/C66H115NO8/c1-3-5-7-9-11-13-15-17-19-21-23-24-25-26-27-28-29-30-31-32-33-34-35-36-38-40-42-44-46-48-50-52-54-56-62(70)67-59(58-74-66-65(73)64(72)63(71)61(57-68)75-66)60(69)55-53-51-49-47-45-43-41-39-37-22-20-18-16-14-12-10-8-6-4-2/h5,7,11,13,17,19,23-24,26-27,29-30,45,47,53,55,59-61,63-66,68-69,71-73H,3-4,6,8-10,12,14-16,18,20-22,25,28,31-44,46,48-52,54,56-58H2,1-2H3,(H,67,70)/b7-5-,13-11-,19-17-,24-23-,27-26-,30-29-,47-45+,55-53+. The molecule has 75 heavy (non-hydrogen) atoms.